The second kappa shape index (κ2) is 7.31. The minimum atomic E-state index is -0.370. The molecule has 1 unspecified atom stereocenters. The van der Waals surface area contributed by atoms with Gasteiger partial charge in [0, 0.05) is 6.08 Å². The van der Waals surface area contributed by atoms with Crippen molar-refractivity contribution in [2.45, 2.75) is 19.6 Å². The highest BCUT2D eigenvalue weighted by atomic mass is 79.9. The molecule has 0 aromatic heterocycles. The van der Waals surface area contributed by atoms with E-state index in [1.165, 1.54) is 6.08 Å². The van der Waals surface area contributed by atoms with E-state index in [0.29, 0.717) is 0 Å². The summed E-state index contributed by atoms with van der Waals surface area (Å²) in [5, 5.41) is 0. The summed E-state index contributed by atoms with van der Waals surface area (Å²) in [5.74, 6) is -0.370. The van der Waals surface area contributed by atoms with E-state index in [1.807, 2.05) is 25.9 Å². The smallest absolute Gasteiger partial charge is 0.331 e. The summed E-state index contributed by atoms with van der Waals surface area (Å²) in [6.45, 7) is 5.27. The van der Waals surface area contributed by atoms with Crippen LogP contribution < -0.4 is 0 Å². The van der Waals surface area contributed by atoms with Crippen LogP contribution in [0.1, 0.15) is 13.3 Å². The van der Waals surface area contributed by atoms with Gasteiger partial charge < -0.3 is 4.74 Å². The number of rotatable bonds is 4. The fourth-order valence-corrected chi connectivity index (χ4v) is 0.736. The molecule has 3 nitrogen and oxygen atoms in total. The molecule has 0 saturated heterocycles. The van der Waals surface area contributed by atoms with Crippen LogP contribution in [0.5, 0.6) is 0 Å². The van der Waals surface area contributed by atoms with Crippen molar-refractivity contribution < 1.29 is 9.53 Å². The van der Waals surface area contributed by atoms with E-state index < -0.39 is 0 Å². The quantitative estimate of drug-likeness (QED) is 0.423. The molecule has 0 heterocycles. The normalized spacial score (nSPS) is 11.7. The Labute approximate surface area is 84.2 Å². The van der Waals surface area contributed by atoms with Gasteiger partial charge in [-0.1, -0.05) is 13.5 Å². The maximum atomic E-state index is 10.7. The zero-order valence-electron chi connectivity index (χ0n) is 7.74. The van der Waals surface area contributed by atoms with Crippen molar-refractivity contribution in [2.75, 3.05) is 14.1 Å². The lowest BCUT2D eigenvalue weighted by atomic mass is 10.4. The van der Waals surface area contributed by atoms with Crippen LogP contribution in [0.15, 0.2) is 12.7 Å². The Bertz CT molecular complexity index is 148. The van der Waals surface area contributed by atoms with E-state index >= 15 is 0 Å². The highest BCUT2D eigenvalue weighted by Gasteiger charge is 2.11. The number of carbonyl (C=O) groups is 1. The average molecular weight is 238 g/mol. The zero-order valence-corrected chi connectivity index (χ0v) is 9.45. The number of hydrogen-bond donors (Lipinski definition) is 0. The van der Waals surface area contributed by atoms with Crippen LogP contribution in [-0.4, -0.2) is 31.2 Å². The molecule has 0 amide bonds. The molecule has 0 rings (SSSR count). The first-order valence-corrected chi connectivity index (χ1v) is 3.61. The Morgan fingerprint density at radius 1 is 1.67 bits per heavy atom. The van der Waals surface area contributed by atoms with Crippen LogP contribution in [-0.2, 0) is 9.53 Å². The van der Waals surface area contributed by atoms with Crippen LogP contribution in [0.3, 0.4) is 0 Å². The molecule has 0 saturated carbocycles. The number of halogens is 1. The van der Waals surface area contributed by atoms with Gasteiger partial charge in [-0.2, -0.15) is 0 Å². The molecule has 0 fully saturated rings. The lowest BCUT2D eigenvalue weighted by Crippen LogP contribution is -2.31. The predicted molar refractivity (Wildman–Crippen MR) is 54.4 cm³/mol. The van der Waals surface area contributed by atoms with Gasteiger partial charge in [-0.15, -0.1) is 17.0 Å². The highest BCUT2D eigenvalue weighted by Crippen LogP contribution is 2.00. The molecule has 1 atom stereocenters. The molecular formula is C8H16BrNO2. The standard InChI is InChI=1S/C8H15NO2.BrH/c1-5-7(9(3)4)11-8(10)6-2;/h6-7H,2,5H2,1,3-4H3;1H. The number of hydrogen-bond acceptors (Lipinski definition) is 3. The third-order valence-corrected chi connectivity index (χ3v) is 1.34. The fourth-order valence-electron chi connectivity index (χ4n) is 0.736. The average Bonchev–Trinajstić information content (AvgIpc) is 1.99. The third kappa shape index (κ3) is 5.32. The lowest BCUT2D eigenvalue weighted by Gasteiger charge is -2.21. The molecule has 72 valence electrons. The maximum Gasteiger partial charge on any atom is 0.331 e. The van der Waals surface area contributed by atoms with Crippen molar-refractivity contribution in [3.63, 3.8) is 0 Å². The number of carbonyl (C=O) groups excluding carboxylic acids is 1. The van der Waals surface area contributed by atoms with Crippen molar-refractivity contribution in [3.8, 4) is 0 Å². The zero-order chi connectivity index (χ0) is 8.85. The lowest BCUT2D eigenvalue weighted by molar-refractivity contribution is -0.150. The topological polar surface area (TPSA) is 29.5 Å². The molecule has 12 heavy (non-hydrogen) atoms. The van der Waals surface area contributed by atoms with Gasteiger partial charge in [0.25, 0.3) is 0 Å². The van der Waals surface area contributed by atoms with E-state index in [-0.39, 0.29) is 29.2 Å². The van der Waals surface area contributed by atoms with Crippen molar-refractivity contribution in [1.29, 1.82) is 0 Å². The summed E-state index contributed by atoms with van der Waals surface area (Å²) < 4.78 is 4.98. The van der Waals surface area contributed by atoms with E-state index in [1.54, 1.807) is 0 Å². The van der Waals surface area contributed by atoms with Gasteiger partial charge in [-0.05, 0) is 20.5 Å². The van der Waals surface area contributed by atoms with Crippen molar-refractivity contribution in [2.24, 2.45) is 0 Å². The van der Waals surface area contributed by atoms with Gasteiger partial charge in [0.1, 0.15) is 0 Å². The van der Waals surface area contributed by atoms with E-state index in [9.17, 15) is 4.79 Å². The number of nitrogens with zero attached hydrogens (tertiary/aromatic N) is 1. The molecule has 0 bridgehead atoms. The molecule has 0 radical (unpaired) electrons. The van der Waals surface area contributed by atoms with Crippen LogP contribution in [0.25, 0.3) is 0 Å². The Kier molecular flexibility index (Phi) is 8.64. The fraction of sp³-hybridized carbons (Fsp3) is 0.625. The molecule has 0 aromatic rings. The molecule has 0 aliphatic heterocycles. The maximum absolute atomic E-state index is 10.7. The largest absolute Gasteiger partial charge is 0.443 e. The SMILES string of the molecule is Br.C=CC(=O)OC(CC)N(C)C. The van der Waals surface area contributed by atoms with Gasteiger partial charge >= 0.3 is 5.97 Å². The first kappa shape index (κ1) is 14.2. The summed E-state index contributed by atoms with van der Waals surface area (Å²) in [6, 6.07) is 0. The molecule has 0 spiro atoms. The highest BCUT2D eigenvalue weighted by molar-refractivity contribution is 8.93. The molecular weight excluding hydrogens is 222 g/mol. The summed E-state index contributed by atoms with van der Waals surface area (Å²) in [5.41, 5.74) is 0. The second-order valence-electron chi connectivity index (χ2n) is 2.47. The van der Waals surface area contributed by atoms with Gasteiger partial charge in [-0.25, -0.2) is 4.79 Å². The van der Waals surface area contributed by atoms with E-state index in [4.69, 9.17) is 4.74 Å². The van der Waals surface area contributed by atoms with E-state index in [0.717, 1.165) is 6.42 Å². The second-order valence-corrected chi connectivity index (χ2v) is 2.47. The van der Waals surface area contributed by atoms with Crippen LogP contribution >= 0.6 is 17.0 Å². The minimum absolute atomic E-state index is 0. The van der Waals surface area contributed by atoms with Crippen molar-refractivity contribution in [1.82, 2.24) is 4.90 Å². The summed E-state index contributed by atoms with van der Waals surface area (Å²) in [4.78, 5) is 12.6. The number of esters is 1. The molecule has 0 aliphatic carbocycles. The first-order chi connectivity index (χ1) is 5.11. The van der Waals surface area contributed by atoms with Gasteiger partial charge in [-0.3, -0.25) is 4.90 Å². The summed E-state index contributed by atoms with van der Waals surface area (Å²) >= 11 is 0. The van der Waals surface area contributed by atoms with E-state index in [2.05, 4.69) is 6.58 Å². The van der Waals surface area contributed by atoms with Crippen molar-refractivity contribution >= 4 is 23.0 Å². The van der Waals surface area contributed by atoms with Crippen LogP contribution in [0.2, 0.25) is 0 Å². The Morgan fingerprint density at radius 2 is 2.17 bits per heavy atom. The van der Waals surface area contributed by atoms with Gasteiger partial charge in [0.15, 0.2) is 6.23 Å². The molecule has 0 aliphatic rings. The Hall–Kier alpha value is -0.350. The van der Waals surface area contributed by atoms with Gasteiger partial charge in [0.05, 0.1) is 0 Å². The first-order valence-electron chi connectivity index (χ1n) is 3.61. The number of ether oxygens (including phenoxy) is 1. The molecule has 4 heteroatoms. The minimum Gasteiger partial charge on any atom is -0.443 e. The van der Waals surface area contributed by atoms with Crippen LogP contribution in [0, 0.1) is 0 Å². The van der Waals surface area contributed by atoms with Gasteiger partial charge in [0.2, 0.25) is 0 Å². The van der Waals surface area contributed by atoms with Crippen molar-refractivity contribution in [3.05, 3.63) is 12.7 Å². The molecule has 0 aromatic carbocycles. The Balaban J connectivity index is 0. The third-order valence-electron chi connectivity index (χ3n) is 1.34. The summed E-state index contributed by atoms with van der Waals surface area (Å²) in [7, 11) is 3.73. The summed E-state index contributed by atoms with van der Waals surface area (Å²) in [6.07, 6.45) is 1.82. The molecule has 0 N–H and O–H groups in total. The van der Waals surface area contributed by atoms with Crippen LogP contribution in [0.4, 0.5) is 0 Å². The Morgan fingerprint density at radius 3 is 2.42 bits per heavy atom. The monoisotopic (exact) mass is 237 g/mol. The predicted octanol–water partition coefficient (Wildman–Crippen LogP) is 1.59.